The van der Waals surface area contributed by atoms with Gasteiger partial charge in [0, 0.05) is 31.6 Å². The van der Waals surface area contributed by atoms with E-state index in [0.717, 1.165) is 16.9 Å². The highest BCUT2D eigenvalue weighted by molar-refractivity contribution is 7.92. The summed E-state index contributed by atoms with van der Waals surface area (Å²) in [5, 5.41) is 11.7. The standard InChI is InChI=1S/C19H24N6O3S/c1-12-11-28-9-8-25(12)15-10-13(19(5-6-19)29(3,26)27)18-17(21-15)16(23-24(18)2)14-4-7-20-22-14/h4,7,10,12H,5-6,8-9,11H2,1-3H3,(H,20,22). The molecule has 29 heavy (non-hydrogen) atoms. The molecule has 1 N–H and O–H groups in total. The fraction of sp³-hybridized carbons (Fsp3) is 0.526. The van der Waals surface area contributed by atoms with Crippen LogP contribution in [0.25, 0.3) is 22.4 Å². The maximum Gasteiger partial charge on any atom is 0.157 e. The summed E-state index contributed by atoms with van der Waals surface area (Å²) in [5.41, 5.74) is 3.56. The van der Waals surface area contributed by atoms with Crippen molar-refractivity contribution in [2.24, 2.45) is 7.05 Å². The quantitative estimate of drug-likeness (QED) is 0.689. The number of sulfone groups is 1. The highest BCUT2D eigenvalue weighted by Gasteiger charge is 2.55. The molecule has 0 bridgehead atoms. The molecule has 0 amide bonds. The van der Waals surface area contributed by atoms with Crippen LogP contribution in [0.15, 0.2) is 18.3 Å². The Morgan fingerprint density at radius 2 is 2.14 bits per heavy atom. The molecule has 1 atom stereocenters. The van der Waals surface area contributed by atoms with Crippen LogP contribution in [0.3, 0.4) is 0 Å². The van der Waals surface area contributed by atoms with E-state index in [4.69, 9.17) is 9.72 Å². The molecule has 1 saturated heterocycles. The van der Waals surface area contributed by atoms with Crippen LogP contribution in [-0.4, -0.2) is 65.4 Å². The molecule has 0 spiro atoms. The average molecular weight is 417 g/mol. The van der Waals surface area contributed by atoms with Gasteiger partial charge in [0.05, 0.1) is 29.5 Å². The number of H-pyrrole nitrogens is 1. The van der Waals surface area contributed by atoms with Crippen molar-refractivity contribution in [2.75, 3.05) is 30.9 Å². The number of morpholine rings is 1. The number of fused-ring (bicyclic) bond motifs is 1. The second kappa shape index (κ2) is 6.27. The summed E-state index contributed by atoms with van der Waals surface area (Å²) < 4.78 is 32.0. The van der Waals surface area contributed by atoms with Crippen LogP contribution in [0.1, 0.15) is 25.3 Å². The van der Waals surface area contributed by atoms with Crippen molar-refractivity contribution in [2.45, 2.75) is 30.6 Å². The molecular formula is C19H24N6O3S. The lowest BCUT2D eigenvalue weighted by molar-refractivity contribution is 0.0985. The third-order valence-electron chi connectivity index (χ3n) is 6.09. The van der Waals surface area contributed by atoms with E-state index in [2.05, 4.69) is 27.1 Å². The molecule has 3 aromatic rings. The lowest BCUT2D eigenvalue weighted by Gasteiger charge is -2.34. The van der Waals surface area contributed by atoms with Crippen LogP contribution in [0.4, 0.5) is 5.82 Å². The van der Waals surface area contributed by atoms with Gasteiger partial charge in [0.15, 0.2) is 9.84 Å². The highest BCUT2D eigenvalue weighted by atomic mass is 32.2. The Morgan fingerprint density at radius 3 is 2.76 bits per heavy atom. The molecule has 1 aliphatic carbocycles. The summed E-state index contributed by atoms with van der Waals surface area (Å²) in [4.78, 5) is 7.14. The number of ether oxygens (including phenoxy) is 1. The van der Waals surface area contributed by atoms with Gasteiger partial charge in [-0.1, -0.05) is 0 Å². The zero-order valence-corrected chi connectivity index (χ0v) is 17.5. The third-order valence-corrected chi connectivity index (χ3v) is 8.13. The van der Waals surface area contributed by atoms with Gasteiger partial charge in [0.25, 0.3) is 0 Å². The van der Waals surface area contributed by atoms with Crippen LogP contribution in [0, 0.1) is 0 Å². The second-order valence-electron chi connectivity index (χ2n) is 8.04. The van der Waals surface area contributed by atoms with E-state index in [9.17, 15) is 8.42 Å². The van der Waals surface area contributed by atoms with Gasteiger partial charge in [-0.3, -0.25) is 9.78 Å². The molecule has 0 aromatic carbocycles. The number of anilines is 1. The number of aromatic amines is 1. The number of aromatic nitrogens is 5. The van der Waals surface area contributed by atoms with E-state index >= 15 is 0 Å². The number of nitrogens with zero attached hydrogens (tertiary/aromatic N) is 5. The maximum atomic E-state index is 12.8. The van der Waals surface area contributed by atoms with Crippen LogP contribution >= 0.6 is 0 Å². The van der Waals surface area contributed by atoms with Gasteiger partial charge in [-0.15, -0.1) is 0 Å². The van der Waals surface area contributed by atoms with E-state index in [1.807, 2.05) is 19.2 Å². The van der Waals surface area contributed by atoms with Gasteiger partial charge in [-0.25, -0.2) is 13.4 Å². The summed E-state index contributed by atoms with van der Waals surface area (Å²) in [6, 6.07) is 3.95. The summed E-state index contributed by atoms with van der Waals surface area (Å²) in [6.07, 6.45) is 4.30. The minimum atomic E-state index is -3.29. The number of rotatable bonds is 4. The molecule has 1 unspecified atom stereocenters. The van der Waals surface area contributed by atoms with Crippen LogP contribution in [-0.2, 0) is 26.4 Å². The smallest absolute Gasteiger partial charge is 0.157 e. The number of aryl methyl sites for hydroxylation is 1. The van der Waals surface area contributed by atoms with Crippen molar-refractivity contribution in [3.8, 4) is 11.4 Å². The monoisotopic (exact) mass is 416 g/mol. The summed E-state index contributed by atoms with van der Waals surface area (Å²) in [7, 11) is -1.46. The Balaban J connectivity index is 1.81. The molecule has 2 aliphatic rings. The molecule has 154 valence electrons. The van der Waals surface area contributed by atoms with Gasteiger partial charge in [0.2, 0.25) is 0 Å². The first-order valence-corrected chi connectivity index (χ1v) is 11.6. The average Bonchev–Trinajstić information content (AvgIpc) is 3.21. The number of hydrogen-bond donors (Lipinski definition) is 1. The van der Waals surface area contributed by atoms with E-state index in [1.165, 1.54) is 6.26 Å². The Morgan fingerprint density at radius 1 is 1.34 bits per heavy atom. The van der Waals surface area contributed by atoms with Gasteiger partial charge < -0.3 is 9.64 Å². The second-order valence-corrected chi connectivity index (χ2v) is 10.4. The van der Waals surface area contributed by atoms with Crippen LogP contribution in [0.5, 0.6) is 0 Å². The molecule has 10 heteroatoms. The van der Waals surface area contributed by atoms with Crippen LogP contribution in [0.2, 0.25) is 0 Å². The first-order chi connectivity index (χ1) is 13.8. The summed E-state index contributed by atoms with van der Waals surface area (Å²) >= 11 is 0. The molecule has 0 radical (unpaired) electrons. The number of hydrogen-bond acceptors (Lipinski definition) is 7. The van der Waals surface area contributed by atoms with Gasteiger partial charge in [-0.2, -0.15) is 10.2 Å². The van der Waals surface area contributed by atoms with E-state index in [0.29, 0.717) is 49.5 Å². The van der Waals surface area contributed by atoms with Crippen molar-refractivity contribution in [3.63, 3.8) is 0 Å². The lowest BCUT2D eigenvalue weighted by Crippen LogP contribution is -2.44. The summed E-state index contributed by atoms with van der Waals surface area (Å²) in [6.45, 7) is 4.04. The van der Waals surface area contributed by atoms with Gasteiger partial charge in [0.1, 0.15) is 22.7 Å². The molecule has 5 rings (SSSR count). The Bertz CT molecular complexity index is 1180. The number of pyridine rings is 1. The first-order valence-electron chi connectivity index (χ1n) is 9.74. The molecule has 1 saturated carbocycles. The zero-order chi connectivity index (χ0) is 20.4. The van der Waals surface area contributed by atoms with Crippen molar-refractivity contribution < 1.29 is 13.2 Å². The first kappa shape index (κ1) is 18.6. The normalized spacial score (nSPS) is 21.6. The maximum absolute atomic E-state index is 12.8. The minimum Gasteiger partial charge on any atom is -0.377 e. The largest absolute Gasteiger partial charge is 0.377 e. The highest BCUT2D eigenvalue weighted by Crippen LogP contribution is 2.55. The molecular weight excluding hydrogens is 392 g/mol. The molecule has 3 aromatic heterocycles. The van der Waals surface area contributed by atoms with Crippen molar-refractivity contribution in [1.29, 1.82) is 0 Å². The molecule has 4 heterocycles. The SMILES string of the molecule is CC1COCCN1c1cc(C2(S(C)(=O)=O)CC2)c2c(n1)c(-c1cc[nH]n1)nn2C. The lowest BCUT2D eigenvalue weighted by atomic mass is 10.1. The molecule has 9 nitrogen and oxygen atoms in total. The Kier molecular flexibility index (Phi) is 4.01. The Labute approximate surface area is 169 Å². The fourth-order valence-corrected chi connectivity index (χ4v) is 5.74. The fourth-order valence-electron chi connectivity index (χ4n) is 4.34. The molecule has 1 aliphatic heterocycles. The van der Waals surface area contributed by atoms with Crippen molar-refractivity contribution in [1.82, 2.24) is 25.0 Å². The third kappa shape index (κ3) is 2.77. The minimum absolute atomic E-state index is 0.153. The topological polar surface area (TPSA) is 106 Å². The molecule has 2 fully saturated rings. The van der Waals surface area contributed by atoms with E-state index in [-0.39, 0.29) is 6.04 Å². The van der Waals surface area contributed by atoms with E-state index in [1.54, 1.807) is 10.9 Å². The summed E-state index contributed by atoms with van der Waals surface area (Å²) in [5.74, 6) is 0.767. The zero-order valence-electron chi connectivity index (χ0n) is 16.7. The van der Waals surface area contributed by atoms with Gasteiger partial charge in [-0.05, 0) is 31.9 Å². The predicted octanol–water partition coefficient (Wildman–Crippen LogP) is 1.62. The van der Waals surface area contributed by atoms with E-state index < -0.39 is 14.6 Å². The van der Waals surface area contributed by atoms with Crippen molar-refractivity contribution >= 4 is 26.7 Å². The van der Waals surface area contributed by atoms with Gasteiger partial charge >= 0.3 is 0 Å². The van der Waals surface area contributed by atoms with Crippen molar-refractivity contribution in [3.05, 3.63) is 23.9 Å². The number of nitrogens with one attached hydrogen (secondary N) is 1. The van der Waals surface area contributed by atoms with Crippen LogP contribution < -0.4 is 4.90 Å². The predicted molar refractivity (Wildman–Crippen MR) is 109 cm³/mol. The Hall–Kier alpha value is -2.46.